The Kier molecular flexibility index (Phi) is 3.84. The molecular formula is C14H14O2. The Hall–Kier alpha value is -2.09. The maximum atomic E-state index is 10.6. The van der Waals surface area contributed by atoms with Crippen molar-refractivity contribution in [2.45, 2.75) is 7.43 Å². The van der Waals surface area contributed by atoms with E-state index in [9.17, 15) is 4.79 Å². The van der Waals surface area contributed by atoms with Gasteiger partial charge in [0, 0.05) is 0 Å². The predicted octanol–water partition coefficient (Wildman–Crippen LogP) is 3.69. The van der Waals surface area contributed by atoms with Crippen LogP contribution in [-0.2, 0) is 0 Å². The van der Waals surface area contributed by atoms with E-state index in [0.29, 0.717) is 5.56 Å². The molecule has 0 unspecified atom stereocenters. The van der Waals surface area contributed by atoms with Crippen molar-refractivity contribution < 1.29 is 9.90 Å². The van der Waals surface area contributed by atoms with Gasteiger partial charge in [-0.2, -0.15) is 0 Å². The summed E-state index contributed by atoms with van der Waals surface area (Å²) in [6.45, 7) is 0. The summed E-state index contributed by atoms with van der Waals surface area (Å²) in [6, 6.07) is 16.7. The highest BCUT2D eigenvalue weighted by Gasteiger charge is 2.02. The summed E-state index contributed by atoms with van der Waals surface area (Å²) in [4.78, 5) is 10.6. The Labute approximate surface area is 95.2 Å². The van der Waals surface area contributed by atoms with Gasteiger partial charge in [0.25, 0.3) is 0 Å². The summed E-state index contributed by atoms with van der Waals surface area (Å²) in [5.74, 6) is -0.894. The molecule has 2 nitrogen and oxygen atoms in total. The van der Waals surface area contributed by atoms with Crippen molar-refractivity contribution in [1.29, 1.82) is 0 Å². The molecular weight excluding hydrogens is 200 g/mol. The first-order valence-corrected chi connectivity index (χ1v) is 4.66. The van der Waals surface area contributed by atoms with Crippen LogP contribution in [0.25, 0.3) is 11.1 Å². The molecule has 2 heteroatoms. The van der Waals surface area contributed by atoms with E-state index in [4.69, 9.17) is 5.11 Å². The van der Waals surface area contributed by atoms with E-state index < -0.39 is 5.97 Å². The molecule has 2 aromatic carbocycles. The first-order valence-electron chi connectivity index (χ1n) is 4.66. The minimum Gasteiger partial charge on any atom is -0.478 e. The molecule has 0 saturated heterocycles. The maximum Gasteiger partial charge on any atom is 0.335 e. The first-order chi connectivity index (χ1) is 7.27. The fraction of sp³-hybridized carbons (Fsp3) is 0.0714. The second-order valence-electron chi connectivity index (χ2n) is 3.25. The van der Waals surface area contributed by atoms with Gasteiger partial charge in [0.2, 0.25) is 0 Å². The summed E-state index contributed by atoms with van der Waals surface area (Å²) in [5, 5.41) is 8.75. The van der Waals surface area contributed by atoms with Crippen molar-refractivity contribution in [2.24, 2.45) is 0 Å². The molecule has 16 heavy (non-hydrogen) atoms. The molecule has 0 aliphatic carbocycles. The van der Waals surface area contributed by atoms with Crippen LogP contribution in [0.5, 0.6) is 0 Å². The molecule has 0 aromatic heterocycles. The van der Waals surface area contributed by atoms with Gasteiger partial charge < -0.3 is 5.11 Å². The van der Waals surface area contributed by atoms with Crippen LogP contribution in [0.15, 0.2) is 54.6 Å². The molecule has 2 aromatic rings. The third kappa shape index (κ3) is 2.48. The van der Waals surface area contributed by atoms with E-state index >= 15 is 0 Å². The van der Waals surface area contributed by atoms with Crippen LogP contribution in [0.2, 0.25) is 0 Å². The number of benzene rings is 2. The Balaban J connectivity index is 0.00000128. The number of hydrogen-bond acceptors (Lipinski definition) is 1. The van der Waals surface area contributed by atoms with Crippen LogP contribution in [0.4, 0.5) is 0 Å². The van der Waals surface area contributed by atoms with Gasteiger partial charge in [-0.05, 0) is 23.3 Å². The lowest BCUT2D eigenvalue weighted by atomic mass is 10.0. The predicted molar refractivity (Wildman–Crippen MR) is 65.6 cm³/mol. The van der Waals surface area contributed by atoms with Crippen LogP contribution in [0, 0.1) is 0 Å². The van der Waals surface area contributed by atoms with Gasteiger partial charge in [0.1, 0.15) is 0 Å². The SMILES string of the molecule is C.O=C(O)c1ccc(-c2ccccc2)cc1. The van der Waals surface area contributed by atoms with Gasteiger partial charge in [-0.25, -0.2) is 4.79 Å². The van der Waals surface area contributed by atoms with Gasteiger partial charge in [0.15, 0.2) is 0 Å². The van der Waals surface area contributed by atoms with Crippen LogP contribution < -0.4 is 0 Å². The lowest BCUT2D eigenvalue weighted by molar-refractivity contribution is 0.0697. The zero-order valence-corrected chi connectivity index (χ0v) is 8.05. The van der Waals surface area contributed by atoms with Crippen LogP contribution in [0.3, 0.4) is 0 Å². The molecule has 1 N–H and O–H groups in total. The standard InChI is InChI=1S/C13H10O2.CH4/c14-13(15)12-8-6-11(7-9-12)10-4-2-1-3-5-10;/h1-9H,(H,14,15);1H4. The smallest absolute Gasteiger partial charge is 0.335 e. The van der Waals surface area contributed by atoms with E-state index in [2.05, 4.69) is 0 Å². The van der Waals surface area contributed by atoms with Gasteiger partial charge in [-0.3, -0.25) is 0 Å². The van der Waals surface area contributed by atoms with Crippen molar-refractivity contribution in [3.8, 4) is 11.1 Å². The molecule has 0 aliphatic heterocycles. The van der Waals surface area contributed by atoms with E-state index in [1.54, 1.807) is 12.1 Å². The minimum absolute atomic E-state index is 0. The average molecular weight is 214 g/mol. The van der Waals surface area contributed by atoms with Crippen LogP contribution in [0.1, 0.15) is 17.8 Å². The minimum atomic E-state index is -0.894. The number of carboxylic acid groups (broad SMARTS) is 1. The quantitative estimate of drug-likeness (QED) is 0.827. The zero-order valence-electron chi connectivity index (χ0n) is 8.05. The number of rotatable bonds is 2. The molecule has 82 valence electrons. The fourth-order valence-corrected chi connectivity index (χ4v) is 1.44. The Morgan fingerprint density at radius 3 is 1.81 bits per heavy atom. The van der Waals surface area contributed by atoms with Crippen LogP contribution >= 0.6 is 0 Å². The van der Waals surface area contributed by atoms with Gasteiger partial charge in [0.05, 0.1) is 5.56 Å². The molecule has 0 heterocycles. The Morgan fingerprint density at radius 2 is 1.31 bits per heavy atom. The number of hydrogen-bond donors (Lipinski definition) is 1. The second-order valence-corrected chi connectivity index (χ2v) is 3.25. The fourth-order valence-electron chi connectivity index (χ4n) is 1.44. The Bertz CT molecular complexity index is 458. The highest BCUT2D eigenvalue weighted by Crippen LogP contribution is 2.18. The molecule has 0 amide bonds. The van der Waals surface area contributed by atoms with Crippen LogP contribution in [-0.4, -0.2) is 11.1 Å². The molecule has 0 bridgehead atoms. The Morgan fingerprint density at radius 1 is 0.812 bits per heavy atom. The molecule has 0 fully saturated rings. The van der Waals surface area contributed by atoms with Gasteiger partial charge in [-0.1, -0.05) is 49.9 Å². The highest BCUT2D eigenvalue weighted by atomic mass is 16.4. The van der Waals surface area contributed by atoms with Gasteiger partial charge in [-0.15, -0.1) is 0 Å². The summed E-state index contributed by atoms with van der Waals surface area (Å²) in [5.41, 5.74) is 2.43. The molecule has 0 atom stereocenters. The third-order valence-corrected chi connectivity index (χ3v) is 2.24. The van der Waals surface area contributed by atoms with Gasteiger partial charge >= 0.3 is 5.97 Å². The molecule has 0 saturated carbocycles. The number of carbonyl (C=O) groups is 1. The zero-order chi connectivity index (χ0) is 10.7. The average Bonchev–Trinajstić information content (AvgIpc) is 2.30. The number of carboxylic acids is 1. The van der Waals surface area contributed by atoms with Crippen molar-refractivity contribution >= 4 is 5.97 Å². The lowest BCUT2D eigenvalue weighted by Crippen LogP contribution is -1.94. The summed E-state index contributed by atoms with van der Waals surface area (Å²) in [6.07, 6.45) is 0. The maximum absolute atomic E-state index is 10.6. The third-order valence-electron chi connectivity index (χ3n) is 2.24. The van der Waals surface area contributed by atoms with Crippen molar-refractivity contribution in [1.82, 2.24) is 0 Å². The summed E-state index contributed by atoms with van der Waals surface area (Å²) in [7, 11) is 0. The normalized spacial score (nSPS) is 9.25. The van der Waals surface area contributed by atoms with Crippen molar-refractivity contribution in [3.05, 3.63) is 60.2 Å². The molecule has 0 spiro atoms. The number of aromatic carboxylic acids is 1. The monoisotopic (exact) mass is 214 g/mol. The highest BCUT2D eigenvalue weighted by molar-refractivity contribution is 5.88. The topological polar surface area (TPSA) is 37.3 Å². The van der Waals surface area contributed by atoms with E-state index in [0.717, 1.165) is 11.1 Å². The summed E-state index contributed by atoms with van der Waals surface area (Å²) < 4.78 is 0. The lowest BCUT2D eigenvalue weighted by Gasteiger charge is -2.01. The van der Waals surface area contributed by atoms with E-state index in [-0.39, 0.29) is 7.43 Å². The molecule has 0 radical (unpaired) electrons. The van der Waals surface area contributed by atoms with E-state index in [1.807, 2.05) is 42.5 Å². The largest absolute Gasteiger partial charge is 0.478 e. The molecule has 2 rings (SSSR count). The van der Waals surface area contributed by atoms with E-state index in [1.165, 1.54) is 0 Å². The van der Waals surface area contributed by atoms with Crippen molar-refractivity contribution in [2.75, 3.05) is 0 Å². The molecule has 0 aliphatic rings. The second kappa shape index (κ2) is 5.12. The first kappa shape index (κ1) is 12.0. The van der Waals surface area contributed by atoms with Crippen molar-refractivity contribution in [3.63, 3.8) is 0 Å². The summed E-state index contributed by atoms with van der Waals surface area (Å²) >= 11 is 0.